The summed E-state index contributed by atoms with van der Waals surface area (Å²) in [6.07, 6.45) is 2.88. The van der Waals surface area contributed by atoms with Crippen molar-refractivity contribution in [1.82, 2.24) is 0 Å². The summed E-state index contributed by atoms with van der Waals surface area (Å²) in [6, 6.07) is 69.1. The summed E-state index contributed by atoms with van der Waals surface area (Å²) >= 11 is 0. The van der Waals surface area contributed by atoms with E-state index in [1.807, 2.05) is 0 Å². The predicted octanol–water partition coefficient (Wildman–Crippen LogP) is 22.7. The molecule has 0 aromatic heterocycles. The van der Waals surface area contributed by atoms with Crippen LogP contribution < -0.4 is 78.2 Å². The van der Waals surface area contributed by atoms with Gasteiger partial charge in [0, 0.05) is 56.9 Å². The van der Waals surface area contributed by atoms with E-state index in [0.717, 1.165) is 53.6 Å². The van der Waals surface area contributed by atoms with E-state index in [1.165, 1.54) is 178 Å². The lowest BCUT2D eigenvalue weighted by Crippen LogP contribution is -2.66. The lowest BCUT2D eigenvalue weighted by molar-refractivity contribution is 0.474. The number of hydrogen-bond acceptors (Lipinski definition) is 6. The van der Waals surface area contributed by atoms with Crippen molar-refractivity contribution in [1.29, 1.82) is 0 Å². The third kappa shape index (κ3) is 11.7. The van der Waals surface area contributed by atoms with Crippen LogP contribution >= 0.6 is 0 Å². The Balaban J connectivity index is 1.07. The van der Waals surface area contributed by atoms with Crippen LogP contribution in [0.3, 0.4) is 0 Å². The van der Waals surface area contributed by atoms with Gasteiger partial charge in [-0.05, 0) is 294 Å². The van der Waals surface area contributed by atoms with Gasteiger partial charge >= 0.3 is 0 Å². The summed E-state index contributed by atoms with van der Waals surface area (Å²) in [5.74, 6) is 3.71. The van der Waals surface area contributed by atoms with Crippen molar-refractivity contribution < 1.29 is 9.47 Å². The molecule has 0 fully saturated rings. The average molecular weight is 1470 g/mol. The largest absolute Gasteiger partial charge is 0.458 e. The molecule has 0 saturated carbocycles. The first kappa shape index (κ1) is 75.1. The number of rotatable bonds is 10. The summed E-state index contributed by atoms with van der Waals surface area (Å²) in [7, 11) is 0. The van der Waals surface area contributed by atoms with E-state index in [1.54, 1.807) is 0 Å². The van der Waals surface area contributed by atoms with E-state index < -0.39 is 0 Å². The third-order valence-electron chi connectivity index (χ3n) is 27.3. The van der Waals surface area contributed by atoms with Gasteiger partial charge in [-0.15, -0.1) is 0 Å². The van der Waals surface area contributed by atoms with Gasteiger partial charge in [-0.3, -0.25) is 0 Å². The Morgan fingerprint density at radius 2 is 0.527 bits per heavy atom. The number of ether oxygens (including phenoxy) is 2. The molecular weight excluding hydrogens is 1360 g/mol. The van der Waals surface area contributed by atoms with Gasteiger partial charge < -0.3 is 29.1 Å². The second kappa shape index (κ2) is 25.5. The first-order valence-electron chi connectivity index (χ1n) is 41.7. The van der Waals surface area contributed by atoms with Crippen LogP contribution in [0.4, 0.5) is 68.2 Å². The number of anilines is 12. The van der Waals surface area contributed by atoms with E-state index in [-0.39, 0.29) is 58.0 Å². The predicted molar refractivity (Wildman–Crippen MR) is 485 cm³/mol. The Kier molecular flexibility index (Phi) is 17.1. The van der Waals surface area contributed by atoms with Crippen molar-refractivity contribution in [3.8, 4) is 23.0 Å². The molecule has 17 rings (SSSR count). The molecule has 0 unspecified atom stereocenters. The van der Waals surface area contributed by atoms with Crippen molar-refractivity contribution >= 4 is 138 Å². The van der Waals surface area contributed by atoms with Crippen molar-refractivity contribution in [2.75, 3.05) is 19.6 Å². The molecule has 112 heavy (non-hydrogen) atoms. The molecule has 6 aliphatic rings. The number of nitrogens with zero attached hydrogens (tertiary/aromatic N) is 4. The molecule has 0 radical (unpaired) electrons. The lowest BCUT2D eigenvalue weighted by atomic mass is 9.29. The van der Waals surface area contributed by atoms with Crippen LogP contribution in [0, 0.1) is 41.5 Å². The molecule has 6 nitrogen and oxygen atoms in total. The molecule has 568 valence electrons. The van der Waals surface area contributed by atoms with Crippen LogP contribution in [0.25, 0.3) is 0 Å². The third-order valence-corrected chi connectivity index (χ3v) is 27.3. The second-order valence-corrected chi connectivity index (χ2v) is 40.3. The quantitative estimate of drug-likeness (QED) is 0.127. The minimum absolute atomic E-state index is 0.0564. The normalized spacial score (nSPS) is 14.7. The summed E-state index contributed by atoms with van der Waals surface area (Å²) in [6.45, 7) is 63.0. The van der Waals surface area contributed by atoms with E-state index >= 15 is 0 Å². The van der Waals surface area contributed by atoms with Crippen molar-refractivity contribution in [2.45, 2.75) is 244 Å². The van der Waals surface area contributed by atoms with Crippen LogP contribution in [0.2, 0.25) is 0 Å². The molecule has 11 aromatic rings. The number of hydrogen-bond donors (Lipinski definition) is 0. The second-order valence-electron chi connectivity index (χ2n) is 40.3. The van der Waals surface area contributed by atoms with Gasteiger partial charge in [0.25, 0.3) is 20.1 Å². The van der Waals surface area contributed by atoms with Crippen molar-refractivity contribution in [3.63, 3.8) is 0 Å². The fourth-order valence-electron chi connectivity index (χ4n) is 19.5. The van der Waals surface area contributed by atoms with E-state index in [2.05, 4.69) is 376 Å². The maximum Gasteiger partial charge on any atom is 0.256 e. The molecule has 0 saturated heterocycles. The zero-order valence-electron chi connectivity index (χ0n) is 72.1. The van der Waals surface area contributed by atoms with Gasteiger partial charge in [-0.25, -0.2) is 0 Å². The first-order valence-corrected chi connectivity index (χ1v) is 41.7. The van der Waals surface area contributed by atoms with Gasteiger partial charge in [0.1, 0.15) is 23.0 Å². The maximum absolute atomic E-state index is 7.56. The molecule has 0 N–H and O–H groups in total. The highest BCUT2D eigenvalue weighted by atomic mass is 16.5. The van der Waals surface area contributed by atoms with Gasteiger partial charge in [0.15, 0.2) is 0 Å². The monoisotopic (exact) mass is 1470 g/mol. The van der Waals surface area contributed by atoms with Crippen LogP contribution in [-0.4, -0.2) is 20.1 Å². The molecule has 0 atom stereocenters. The molecule has 6 heterocycles. The van der Waals surface area contributed by atoms with Crippen LogP contribution in [0.1, 0.15) is 237 Å². The van der Waals surface area contributed by atoms with Crippen LogP contribution in [-0.2, 0) is 37.9 Å². The van der Waals surface area contributed by atoms with E-state index in [4.69, 9.17) is 9.47 Å². The van der Waals surface area contributed by atoms with Crippen molar-refractivity contribution in [2.24, 2.45) is 0 Å². The molecular formula is C103H115B3N4O2. The average Bonchev–Trinajstić information content (AvgIpc) is 0.677. The summed E-state index contributed by atoms with van der Waals surface area (Å²) < 4.78 is 15.1. The molecule has 0 aliphatic carbocycles. The molecule has 6 aliphatic heterocycles. The maximum atomic E-state index is 7.56. The summed E-state index contributed by atoms with van der Waals surface area (Å²) in [5.41, 5.74) is 41.0. The minimum Gasteiger partial charge on any atom is -0.458 e. The smallest absolute Gasteiger partial charge is 0.256 e. The summed E-state index contributed by atoms with van der Waals surface area (Å²) in [5, 5.41) is 0. The lowest BCUT2D eigenvalue weighted by Gasteiger charge is -2.48. The standard InChI is InChI=1S/C103H115B3N4O2/c1-28-101(22,23)69-49-84-92-85(50-69)109(95-61(6)43-59(4)44-62(95)7)82-58-81-75(105-78-47-67(99(16,17)18)35-41-88(78)111-90-53-70(102(24,25)29-2)51-86(93(90)105)108(81)73-39-33-66(34-40-73)98(13,14)15)56-76(82)104(92)74-55-77-83(57-80(74)107(84)72-37-31-65(32-38-72)97(10,11)12)110(96-63(8)45-60(5)46-64(96)9)87-52-71(103(26,27)30-3)54-91-94(87)106(77)79-48-68(100(19,20)21)36-42-89(79)112-91/h31-58H,28-30H2,1-27H3. The van der Waals surface area contributed by atoms with Crippen molar-refractivity contribution in [3.05, 3.63) is 242 Å². The fraction of sp³-hybridized carbons (Fsp3) is 0.359. The summed E-state index contributed by atoms with van der Waals surface area (Å²) in [4.78, 5) is 10.8. The zero-order valence-corrected chi connectivity index (χ0v) is 72.1. The van der Waals surface area contributed by atoms with Gasteiger partial charge in [-0.2, -0.15) is 0 Å². The minimum atomic E-state index is -0.282. The van der Waals surface area contributed by atoms with Crippen LogP contribution in [0.5, 0.6) is 23.0 Å². The Hall–Kier alpha value is -9.59. The van der Waals surface area contributed by atoms with Crippen LogP contribution in [0.15, 0.2) is 170 Å². The fourth-order valence-corrected chi connectivity index (χ4v) is 19.5. The highest BCUT2D eigenvalue weighted by Gasteiger charge is 2.52. The van der Waals surface area contributed by atoms with Gasteiger partial charge in [0.2, 0.25) is 0 Å². The Morgan fingerprint density at radius 1 is 0.250 bits per heavy atom. The molecule has 0 bridgehead atoms. The SMILES string of the molecule is CCC(C)(C)c1cc2c3c(c1)N(c1ccc(C(C)(C)C)cc1)c1cc4c(cc1B3c1cc(C(C)(C)C)ccc1O2)B1c2cc3c(cc2N(c2ccc(C(C)(C)C)cc2)c2cc(C(C)(C)CC)cc(c21)N4c1c(C)cc(C)cc1C)N(c1c(C)cc(C)cc1C)c1cc(C(C)(C)CC)cc2c1B3c1cc(C(C)(C)C)ccc1O2. The van der Waals surface area contributed by atoms with Gasteiger partial charge in [0.05, 0.1) is 11.4 Å². The molecule has 11 aromatic carbocycles. The molecule has 0 amide bonds. The topological polar surface area (TPSA) is 31.4 Å². The molecule has 9 heteroatoms. The Morgan fingerprint density at radius 3 is 0.848 bits per heavy atom. The van der Waals surface area contributed by atoms with E-state index in [0.29, 0.717) is 0 Å². The van der Waals surface area contributed by atoms with Gasteiger partial charge in [-0.1, -0.05) is 241 Å². The first-order chi connectivity index (χ1) is 52.6. The number of benzene rings is 11. The highest BCUT2D eigenvalue weighted by molar-refractivity contribution is 7.04. The molecule has 0 spiro atoms. The highest BCUT2D eigenvalue weighted by Crippen LogP contribution is 2.54. The number of aryl methyl sites for hydroxylation is 6. The zero-order chi connectivity index (χ0) is 79.8. The Bertz CT molecular complexity index is 5740. The van der Waals surface area contributed by atoms with E-state index in [9.17, 15) is 0 Å². The number of fused-ring (bicyclic) bond motifs is 12. The Labute approximate surface area is 671 Å².